The minimum absolute atomic E-state index is 0.365. The second-order valence-corrected chi connectivity index (χ2v) is 7.77. The van der Waals surface area contributed by atoms with Crippen LogP contribution in [0.25, 0.3) is 0 Å². The summed E-state index contributed by atoms with van der Waals surface area (Å²) >= 11 is 0. The average Bonchev–Trinajstić information content (AvgIpc) is 2.51. The molecule has 2 N–H and O–H groups in total. The second kappa shape index (κ2) is 11.0. The predicted octanol–water partition coefficient (Wildman–Crippen LogP) is 2.81. The van der Waals surface area contributed by atoms with Crippen molar-refractivity contribution in [2.45, 2.75) is 77.0 Å². The molecule has 0 aromatic heterocycles. The molecule has 0 bridgehead atoms. The first-order valence-electron chi connectivity index (χ1n) is 8.63. The van der Waals surface area contributed by atoms with Gasteiger partial charge in [-0.25, -0.2) is 0 Å². The van der Waals surface area contributed by atoms with E-state index in [0.29, 0.717) is 11.3 Å². The first kappa shape index (κ1) is 18.5. The molecule has 0 radical (unpaired) electrons. The number of rotatable bonds is 8. The van der Waals surface area contributed by atoms with Gasteiger partial charge in [0.05, 0.1) is 0 Å². The second-order valence-electron chi connectivity index (χ2n) is 5.77. The fourth-order valence-corrected chi connectivity index (χ4v) is 4.16. The third kappa shape index (κ3) is 7.30. The fourth-order valence-electron chi connectivity index (χ4n) is 2.82. The summed E-state index contributed by atoms with van der Waals surface area (Å²) in [6.45, 7) is 8.10. The van der Waals surface area contributed by atoms with Crippen LogP contribution >= 0.6 is 0 Å². The lowest BCUT2D eigenvalue weighted by atomic mass is 9.95. The van der Waals surface area contributed by atoms with Crippen molar-refractivity contribution in [1.29, 1.82) is 0 Å². The van der Waals surface area contributed by atoms with Crippen LogP contribution in [-0.2, 0) is 10.8 Å². The van der Waals surface area contributed by atoms with E-state index in [-0.39, 0.29) is 0 Å². The average molecular weight is 316 g/mol. The molecule has 0 aromatic rings. The van der Waals surface area contributed by atoms with Gasteiger partial charge in [-0.15, -0.1) is 0 Å². The van der Waals surface area contributed by atoms with Gasteiger partial charge in [0.15, 0.2) is 5.96 Å². The number of aliphatic imine (C=N–C) groups is 1. The third-order valence-corrected chi connectivity index (χ3v) is 5.74. The Morgan fingerprint density at radius 2 is 2.05 bits per heavy atom. The molecule has 124 valence electrons. The predicted molar refractivity (Wildman–Crippen MR) is 93.4 cm³/mol. The topological polar surface area (TPSA) is 53.5 Å². The van der Waals surface area contributed by atoms with Crippen LogP contribution in [0.2, 0.25) is 0 Å². The Morgan fingerprint density at radius 3 is 2.71 bits per heavy atom. The van der Waals surface area contributed by atoms with Crippen molar-refractivity contribution in [1.82, 2.24) is 10.6 Å². The molecular weight excluding hydrogens is 282 g/mol. The number of hydrogen-bond donors (Lipinski definition) is 2. The summed E-state index contributed by atoms with van der Waals surface area (Å²) in [5.74, 6) is 1.71. The molecule has 0 aliphatic heterocycles. The molecule has 0 aromatic carbocycles. The van der Waals surface area contributed by atoms with Gasteiger partial charge in [0, 0.05) is 40.9 Å². The first-order chi connectivity index (χ1) is 10.2. The van der Waals surface area contributed by atoms with Gasteiger partial charge in [-0.2, -0.15) is 0 Å². The van der Waals surface area contributed by atoms with E-state index < -0.39 is 10.8 Å². The highest BCUT2D eigenvalue weighted by Crippen LogP contribution is 2.22. The lowest BCUT2D eigenvalue weighted by Crippen LogP contribution is -2.46. The normalized spacial score (nSPS) is 24.6. The van der Waals surface area contributed by atoms with Crippen LogP contribution in [0.15, 0.2) is 4.99 Å². The van der Waals surface area contributed by atoms with Crippen LogP contribution in [0.3, 0.4) is 0 Å². The van der Waals surface area contributed by atoms with Gasteiger partial charge in [0.2, 0.25) is 0 Å². The molecule has 0 spiro atoms. The molecule has 1 rings (SSSR count). The van der Waals surface area contributed by atoms with Gasteiger partial charge in [0.1, 0.15) is 0 Å². The Bertz CT molecular complexity index is 333. The molecular formula is C16H33N3OS. The Balaban J connectivity index is 2.47. The molecule has 1 fully saturated rings. The maximum Gasteiger partial charge on any atom is 0.191 e. The Hall–Kier alpha value is -0.580. The summed E-state index contributed by atoms with van der Waals surface area (Å²) in [6, 6.07) is 0.420. The van der Waals surface area contributed by atoms with Gasteiger partial charge in [-0.05, 0) is 32.6 Å². The van der Waals surface area contributed by atoms with E-state index in [0.717, 1.165) is 50.5 Å². The number of unbranched alkanes of at least 4 members (excludes halogenated alkanes) is 2. The molecule has 5 heteroatoms. The molecule has 1 saturated carbocycles. The summed E-state index contributed by atoms with van der Waals surface area (Å²) in [7, 11) is -0.661. The molecule has 3 atom stereocenters. The van der Waals surface area contributed by atoms with Crippen molar-refractivity contribution < 1.29 is 4.21 Å². The van der Waals surface area contributed by atoms with Crippen molar-refractivity contribution >= 4 is 16.8 Å². The number of nitrogens with zero attached hydrogens (tertiary/aromatic N) is 1. The van der Waals surface area contributed by atoms with Gasteiger partial charge in [0.25, 0.3) is 0 Å². The maximum absolute atomic E-state index is 12.0. The van der Waals surface area contributed by atoms with E-state index >= 15 is 0 Å². The first-order valence-corrected chi connectivity index (χ1v) is 10.0. The molecule has 0 amide bonds. The van der Waals surface area contributed by atoms with Crippen molar-refractivity contribution in [3.05, 3.63) is 0 Å². The SMILES string of the molecule is CCCCCN=C(NCC)NC1CCCC(S(=O)CC)C1. The minimum Gasteiger partial charge on any atom is -0.357 e. The Kier molecular flexibility index (Phi) is 9.72. The summed E-state index contributed by atoms with van der Waals surface area (Å²) in [5, 5.41) is 7.24. The van der Waals surface area contributed by atoms with Crippen LogP contribution in [-0.4, -0.2) is 40.3 Å². The standard InChI is InChI=1S/C16H33N3OS/c1-4-7-8-12-18-16(17-5-2)19-14-10-9-11-15(13-14)21(20)6-3/h14-15H,4-13H2,1-3H3,(H2,17,18,19). The van der Waals surface area contributed by atoms with Crippen molar-refractivity contribution in [2.24, 2.45) is 4.99 Å². The van der Waals surface area contributed by atoms with E-state index in [4.69, 9.17) is 0 Å². The van der Waals surface area contributed by atoms with Crippen LogP contribution in [0, 0.1) is 0 Å². The van der Waals surface area contributed by atoms with Gasteiger partial charge >= 0.3 is 0 Å². The summed E-state index contributed by atoms with van der Waals surface area (Å²) in [4.78, 5) is 4.65. The smallest absolute Gasteiger partial charge is 0.191 e. The van der Waals surface area contributed by atoms with Crippen LogP contribution in [0.4, 0.5) is 0 Å². The zero-order valence-corrected chi connectivity index (χ0v) is 14.8. The lowest BCUT2D eigenvalue weighted by molar-refractivity contribution is 0.413. The third-order valence-electron chi connectivity index (χ3n) is 4.00. The highest BCUT2D eigenvalue weighted by molar-refractivity contribution is 7.85. The minimum atomic E-state index is -0.661. The quantitative estimate of drug-likeness (QED) is 0.411. The number of hydrogen-bond acceptors (Lipinski definition) is 2. The summed E-state index contributed by atoms with van der Waals surface area (Å²) in [5.41, 5.74) is 0. The van der Waals surface area contributed by atoms with E-state index in [1.807, 2.05) is 6.92 Å². The lowest BCUT2D eigenvalue weighted by Gasteiger charge is -2.30. The molecule has 4 nitrogen and oxygen atoms in total. The Labute approximate surface area is 133 Å². The van der Waals surface area contributed by atoms with Gasteiger partial charge < -0.3 is 10.6 Å². The van der Waals surface area contributed by atoms with Gasteiger partial charge in [-0.1, -0.05) is 33.1 Å². The van der Waals surface area contributed by atoms with E-state index in [1.165, 1.54) is 19.3 Å². The molecule has 3 unspecified atom stereocenters. The van der Waals surface area contributed by atoms with Crippen molar-refractivity contribution in [3.8, 4) is 0 Å². The molecule has 21 heavy (non-hydrogen) atoms. The van der Waals surface area contributed by atoms with E-state index in [2.05, 4.69) is 29.5 Å². The van der Waals surface area contributed by atoms with Crippen LogP contribution in [0.1, 0.15) is 65.7 Å². The molecule has 0 heterocycles. The zero-order valence-electron chi connectivity index (χ0n) is 14.0. The summed E-state index contributed by atoms with van der Waals surface area (Å²) in [6.07, 6.45) is 8.08. The summed E-state index contributed by atoms with van der Waals surface area (Å²) < 4.78 is 12.0. The molecule has 1 aliphatic carbocycles. The fraction of sp³-hybridized carbons (Fsp3) is 0.938. The van der Waals surface area contributed by atoms with Crippen molar-refractivity contribution in [2.75, 3.05) is 18.8 Å². The monoisotopic (exact) mass is 315 g/mol. The zero-order chi connectivity index (χ0) is 15.5. The number of guanidine groups is 1. The number of nitrogens with one attached hydrogen (secondary N) is 2. The van der Waals surface area contributed by atoms with E-state index in [1.54, 1.807) is 0 Å². The highest BCUT2D eigenvalue weighted by Gasteiger charge is 2.25. The highest BCUT2D eigenvalue weighted by atomic mass is 32.2. The van der Waals surface area contributed by atoms with Crippen molar-refractivity contribution in [3.63, 3.8) is 0 Å². The maximum atomic E-state index is 12.0. The van der Waals surface area contributed by atoms with E-state index in [9.17, 15) is 4.21 Å². The largest absolute Gasteiger partial charge is 0.357 e. The van der Waals surface area contributed by atoms with Crippen LogP contribution in [0.5, 0.6) is 0 Å². The van der Waals surface area contributed by atoms with Crippen LogP contribution < -0.4 is 10.6 Å². The van der Waals surface area contributed by atoms with Gasteiger partial charge in [-0.3, -0.25) is 9.20 Å². The molecule has 1 aliphatic rings. The Morgan fingerprint density at radius 1 is 1.24 bits per heavy atom. The molecule has 0 saturated heterocycles.